The number of nitrogen functional groups attached to an aromatic ring is 1. The second kappa shape index (κ2) is 7.89. The van der Waals surface area contributed by atoms with Gasteiger partial charge in [0.25, 0.3) is 0 Å². The fourth-order valence-corrected chi connectivity index (χ4v) is 4.86. The number of nitrogens with two attached hydrogens (primary N) is 1. The smallest absolute Gasteiger partial charge is 0.241 e. The second-order valence-electron chi connectivity index (χ2n) is 7.34. The highest BCUT2D eigenvalue weighted by atomic mass is 32.2. The molecule has 0 radical (unpaired) electrons. The Kier molecular flexibility index (Phi) is 5.27. The molecule has 154 valence electrons. The van der Waals surface area contributed by atoms with Crippen LogP contribution in [0, 0.1) is 5.41 Å². The van der Waals surface area contributed by atoms with Gasteiger partial charge in [0.15, 0.2) is 0 Å². The molecule has 0 aromatic heterocycles. The Morgan fingerprint density at radius 3 is 2.47 bits per heavy atom. The van der Waals surface area contributed by atoms with Gasteiger partial charge in [-0.25, -0.2) is 8.42 Å². The maximum Gasteiger partial charge on any atom is 0.241 e. The van der Waals surface area contributed by atoms with E-state index < -0.39 is 16.1 Å². The number of fused-ring (bicyclic) bond motifs is 1. The molecule has 0 unspecified atom stereocenters. The maximum absolute atomic E-state index is 12.8. The number of benzene rings is 3. The van der Waals surface area contributed by atoms with Crippen molar-refractivity contribution in [2.24, 2.45) is 5.73 Å². The first-order valence-corrected chi connectivity index (χ1v) is 11.0. The van der Waals surface area contributed by atoms with Crippen molar-refractivity contribution in [2.45, 2.75) is 23.9 Å². The van der Waals surface area contributed by atoms with Gasteiger partial charge in [0.05, 0.1) is 4.90 Å². The Labute approximate surface area is 175 Å². The van der Waals surface area contributed by atoms with Crippen molar-refractivity contribution in [2.75, 3.05) is 6.54 Å². The predicted molar refractivity (Wildman–Crippen MR) is 116 cm³/mol. The Morgan fingerprint density at radius 1 is 1.07 bits per heavy atom. The van der Waals surface area contributed by atoms with Crippen LogP contribution in [-0.4, -0.2) is 37.6 Å². The zero-order chi connectivity index (χ0) is 21.3. The number of nitrogens with one attached hydrogen (secondary N) is 2. The van der Waals surface area contributed by atoms with Crippen LogP contribution in [0.5, 0.6) is 0 Å². The molecule has 1 saturated heterocycles. The monoisotopic (exact) mass is 422 g/mol. The summed E-state index contributed by atoms with van der Waals surface area (Å²) in [6.45, 7) is 0.851. The van der Waals surface area contributed by atoms with Crippen molar-refractivity contribution < 1.29 is 13.2 Å². The van der Waals surface area contributed by atoms with Crippen LogP contribution in [0.25, 0.3) is 10.8 Å². The highest BCUT2D eigenvalue weighted by Gasteiger charge is 2.34. The Morgan fingerprint density at radius 2 is 1.77 bits per heavy atom. The van der Waals surface area contributed by atoms with Crippen LogP contribution in [0.2, 0.25) is 0 Å². The fraction of sp³-hybridized carbons (Fsp3) is 0.182. The normalized spacial score (nSPS) is 16.9. The SMILES string of the molecule is N=C(N)c1ccc(CN2CC[C@H](NS(=O)(=O)c3ccc4ccccc4c3)C2=O)cc1. The molecule has 1 fully saturated rings. The summed E-state index contributed by atoms with van der Waals surface area (Å²) in [6.07, 6.45) is 0.414. The van der Waals surface area contributed by atoms with Gasteiger partial charge in [0, 0.05) is 18.7 Å². The Balaban J connectivity index is 1.45. The summed E-state index contributed by atoms with van der Waals surface area (Å²) in [6, 6.07) is 18.8. The lowest BCUT2D eigenvalue weighted by atomic mass is 10.1. The van der Waals surface area contributed by atoms with Crippen LogP contribution in [0.3, 0.4) is 0 Å². The van der Waals surface area contributed by atoms with Crippen LogP contribution < -0.4 is 10.5 Å². The van der Waals surface area contributed by atoms with Gasteiger partial charge in [-0.2, -0.15) is 4.72 Å². The molecule has 4 N–H and O–H groups in total. The van der Waals surface area contributed by atoms with Crippen LogP contribution in [0.1, 0.15) is 17.5 Å². The number of sulfonamides is 1. The maximum atomic E-state index is 12.8. The van der Waals surface area contributed by atoms with Gasteiger partial charge in [0.2, 0.25) is 15.9 Å². The average molecular weight is 423 g/mol. The third kappa shape index (κ3) is 4.05. The lowest BCUT2D eigenvalue weighted by Gasteiger charge is -2.17. The van der Waals surface area contributed by atoms with Crippen LogP contribution in [-0.2, 0) is 21.4 Å². The second-order valence-corrected chi connectivity index (χ2v) is 9.06. The molecule has 1 amide bonds. The summed E-state index contributed by atoms with van der Waals surface area (Å²) < 4.78 is 28.2. The average Bonchev–Trinajstić information content (AvgIpc) is 3.07. The minimum Gasteiger partial charge on any atom is -0.384 e. The number of carbonyl (C=O) groups excluding carboxylic acids is 1. The van der Waals surface area contributed by atoms with Gasteiger partial charge >= 0.3 is 0 Å². The molecular formula is C22H22N4O3S. The first-order valence-electron chi connectivity index (χ1n) is 9.57. The van der Waals surface area contributed by atoms with E-state index in [9.17, 15) is 13.2 Å². The third-order valence-electron chi connectivity index (χ3n) is 5.26. The van der Waals surface area contributed by atoms with Crippen molar-refractivity contribution in [3.8, 4) is 0 Å². The molecule has 3 aromatic rings. The lowest BCUT2D eigenvalue weighted by molar-refractivity contribution is -0.129. The topological polar surface area (TPSA) is 116 Å². The van der Waals surface area contributed by atoms with E-state index in [2.05, 4.69) is 4.72 Å². The number of nitrogens with zero attached hydrogens (tertiary/aromatic N) is 1. The molecule has 1 heterocycles. The van der Waals surface area contributed by atoms with E-state index in [4.69, 9.17) is 11.1 Å². The third-order valence-corrected chi connectivity index (χ3v) is 6.73. The van der Waals surface area contributed by atoms with Crippen molar-refractivity contribution in [3.63, 3.8) is 0 Å². The van der Waals surface area contributed by atoms with Crippen molar-refractivity contribution in [1.29, 1.82) is 5.41 Å². The standard InChI is InChI=1S/C22H22N4O3S/c23-21(24)17-7-5-15(6-8-17)14-26-12-11-20(22(26)27)25-30(28,29)19-10-9-16-3-1-2-4-18(16)13-19/h1-10,13,20,25H,11-12,14H2,(H3,23,24)/t20-/m0/s1. The van der Waals surface area contributed by atoms with Crippen molar-refractivity contribution >= 4 is 32.5 Å². The molecule has 0 bridgehead atoms. The molecule has 30 heavy (non-hydrogen) atoms. The predicted octanol–water partition coefficient (Wildman–Crippen LogP) is 2.20. The highest BCUT2D eigenvalue weighted by molar-refractivity contribution is 7.89. The van der Waals surface area contributed by atoms with Crippen molar-refractivity contribution in [3.05, 3.63) is 77.9 Å². The summed E-state index contributed by atoms with van der Waals surface area (Å²) in [5, 5.41) is 9.22. The number of amidine groups is 1. The minimum absolute atomic E-state index is 0.0121. The van der Waals surface area contributed by atoms with Gasteiger partial charge in [-0.05, 0) is 34.9 Å². The first-order chi connectivity index (χ1) is 14.3. The number of carbonyl (C=O) groups is 1. The van der Waals surface area contributed by atoms with E-state index in [-0.39, 0.29) is 16.6 Å². The van der Waals surface area contributed by atoms with E-state index in [0.29, 0.717) is 25.1 Å². The molecule has 0 saturated carbocycles. The molecular weight excluding hydrogens is 400 g/mol. The van der Waals surface area contributed by atoms with E-state index in [1.807, 2.05) is 36.4 Å². The van der Waals surface area contributed by atoms with Crippen LogP contribution in [0.4, 0.5) is 0 Å². The largest absolute Gasteiger partial charge is 0.384 e. The molecule has 1 aliphatic rings. The van der Waals surface area contributed by atoms with E-state index in [1.165, 1.54) is 0 Å². The van der Waals surface area contributed by atoms with Gasteiger partial charge in [-0.3, -0.25) is 10.2 Å². The van der Waals surface area contributed by atoms with E-state index in [1.54, 1.807) is 35.2 Å². The molecule has 4 rings (SSSR count). The number of hydrogen-bond acceptors (Lipinski definition) is 4. The van der Waals surface area contributed by atoms with Crippen molar-refractivity contribution in [1.82, 2.24) is 9.62 Å². The number of likely N-dealkylation sites (tertiary alicyclic amines) is 1. The molecule has 1 atom stereocenters. The molecule has 0 aliphatic carbocycles. The molecule has 0 spiro atoms. The number of rotatable bonds is 6. The van der Waals surface area contributed by atoms with Gasteiger partial charge in [0.1, 0.15) is 11.9 Å². The summed E-state index contributed by atoms with van der Waals surface area (Å²) >= 11 is 0. The van der Waals surface area contributed by atoms with E-state index >= 15 is 0 Å². The summed E-state index contributed by atoms with van der Waals surface area (Å²) in [7, 11) is -3.81. The first kappa shape index (κ1) is 20.1. The minimum atomic E-state index is -3.81. The van der Waals surface area contributed by atoms with Gasteiger partial charge in [-0.15, -0.1) is 0 Å². The summed E-state index contributed by atoms with van der Waals surface area (Å²) in [5.41, 5.74) is 6.97. The molecule has 3 aromatic carbocycles. The number of amides is 1. The molecule has 7 nitrogen and oxygen atoms in total. The Hall–Kier alpha value is -3.23. The lowest BCUT2D eigenvalue weighted by Crippen LogP contribution is -2.41. The highest BCUT2D eigenvalue weighted by Crippen LogP contribution is 2.21. The zero-order valence-corrected chi connectivity index (χ0v) is 17.0. The number of hydrogen-bond donors (Lipinski definition) is 3. The quantitative estimate of drug-likeness (QED) is 0.417. The Bertz CT molecular complexity index is 1220. The van der Waals surface area contributed by atoms with Gasteiger partial charge in [-0.1, -0.05) is 54.6 Å². The van der Waals surface area contributed by atoms with E-state index in [0.717, 1.165) is 16.3 Å². The molecule has 1 aliphatic heterocycles. The fourth-order valence-electron chi connectivity index (χ4n) is 3.61. The zero-order valence-electron chi connectivity index (χ0n) is 16.2. The summed E-state index contributed by atoms with van der Waals surface area (Å²) in [5.74, 6) is -0.253. The van der Waals surface area contributed by atoms with Crippen LogP contribution in [0.15, 0.2) is 71.6 Å². The summed E-state index contributed by atoms with van der Waals surface area (Å²) in [4.78, 5) is 14.5. The van der Waals surface area contributed by atoms with Crippen LogP contribution >= 0.6 is 0 Å². The van der Waals surface area contributed by atoms with Gasteiger partial charge < -0.3 is 10.6 Å². The molecule has 8 heteroatoms.